The Morgan fingerprint density at radius 3 is 2.05 bits per heavy atom. The van der Waals surface area contributed by atoms with Crippen LogP contribution in [0.2, 0.25) is 0 Å². The van der Waals surface area contributed by atoms with Crippen LogP contribution in [-0.2, 0) is 0 Å². The van der Waals surface area contributed by atoms with E-state index in [2.05, 4.69) is 31.0 Å². The van der Waals surface area contributed by atoms with Gasteiger partial charge in [0.15, 0.2) is 0 Å². The molecule has 1 saturated heterocycles. The van der Waals surface area contributed by atoms with Crippen LogP contribution in [0, 0.1) is 0 Å². The van der Waals surface area contributed by atoms with Crippen molar-refractivity contribution in [3.63, 3.8) is 0 Å². The van der Waals surface area contributed by atoms with Gasteiger partial charge in [-0.2, -0.15) is 0 Å². The molecule has 0 aliphatic carbocycles. The molecule has 1 rings (SSSR count). The Bertz CT molecular complexity index is 238. The number of rotatable bonds is 11. The summed E-state index contributed by atoms with van der Waals surface area (Å²) in [5.41, 5.74) is 0.301. The number of nitrogens with zero attached hydrogens (tertiary/aromatic N) is 1. The molecule has 0 aromatic carbocycles. The molecule has 1 aliphatic heterocycles. The number of nitrogens with one attached hydrogen (secondary N) is 1. The summed E-state index contributed by atoms with van der Waals surface area (Å²) in [5.74, 6) is 0. The molecule has 2 heteroatoms. The standard InChI is InChI=1S/C19H40N2/c1-4-5-6-7-8-9-10-11-12-13-16-21-17-14-15-20-19(2,3)18-21/h20H,4-18H2,1-3H3. The number of unbranched alkanes of at least 4 members (excludes halogenated alkanes) is 9. The van der Waals surface area contributed by atoms with Crippen LogP contribution in [0.5, 0.6) is 0 Å². The molecule has 1 aliphatic rings. The zero-order valence-electron chi connectivity index (χ0n) is 15.1. The first-order chi connectivity index (χ1) is 10.1. The van der Waals surface area contributed by atoms with Crippen LogP contribution in [0.25, 0.3) is 0 Å². The van der Waals surface area contributed by atoms with Gasteiger partial charge >= 0.3 is 0 Å². The van der Waals surface area contributed by atoms with Crippen LogP contribution >= 0.6 is 0 Å². The summed E-state index contributed by atoms with van der Waals surface area (Å²) in [5, 5.41) is 3.65. The molecule has 2 nitrogen and oxygen atoms in total. The van der Waals surface area contributed by atoms with Gasteiger partial charge in [0.05, 0.1) is 0 Å². The van der Waals surface area contributed by atoms with Crippen molar-refractivity contribution in [2.24, 2.45) is 0 Å². The van der Waals surface area contributed by atoms with Crippen LogP contribution in [0.1, 0.15) is 91.4 Å². The van der Waals surface area contributed by atoms with Crippen molar-refractivity contribution < 1.29 is 0 Å². The highest BCUT2D eigenvalue weighted by Gasteiger charge is 2.23. The van der Waals surface area contributed by atoms with Gasteiger partial charge in [-0.15, -0.1) is 0 Å². The van der Waals surface area contributed by atoms with Crippen LogP contribution in [0.3, 0.4) is 0 Å². The first-order valence-corrected chi connectivity index (χ1v) is 9.61. The lowest BCUT2D eigenvalue weighted by Crippen LogP contribution is -2.46. The highest BCUT2D eigenvalue weighted by Crippen LogP contribution is 2.13. The van der Waals surface area contributed by atoms with E-state index in [0.29, 0.717) is 5.54 Å². The predicted molar refractivity (Wildman–Crippen MR) is 95.0 cm³/mol. The minimum Gasteiger partial charge on any atom is -0.310 e. The van der Waals surface area contributed by atoms with Gasteiger partial charge in [0, 0.05) is 12.1 Å². The third-order valence-electron chi connectivity index (χ3n) is 4.70. The molecular formula is C19H40N2. The average molecular weight is 297 g/mol. The summed E-state index contributed by atoms with van der Waals surface area (Å²) in [6.45, 7) is 12.0. The molecule has 1 N–H and O–H groups in total. The summed E-state index contributed by atoms with van der Waals surface area (Å²) in [6.07, 6.45) is 15.7. The average Bonchev–Trinajstić information content (AvgIpc) is 2.61. The van der Waals surface area contributed by atoms with Crippen molar-refractivity contribution in [1.29, 1.82) is 0 Å². The summed E-state index contributed by atoms with van der Waals surface area (Å²) >= 11 is 0. The Morgan fingerprint density at radius 2 is 1.43 bits per heavy atom. The fourth-order valence-electron chi connectivity index (χ4n) is 3.44. The fourth-order valence-corrected chi connectivity index (χ4v) is 3.44. The second-order valence-electron chi connectivity index (χ2n) is 7.62. The van der Waals surface area contributed by atoms with E-state index in [4.69, 9.17) is 0 Å². The molecule has 126 valence electrons. The Kier molecular flexibility index (Phi) is 10.4. The normalized spacial score (nSPS) is 19.6. The van der Waals surface area contributed by atoms with E-state index in [1.54, 1.807) is 0 Å². The van der Waals surface area contributed by atoms with Crippen molar-refractivity contribution in [2.45, 2.75) is 96.9 Å². The Morgan fingerprint density at radius 1 is 0.857 bits per heavy atom. The molecule has 0 unspecified atom stereocenters. The molecule has 0 aromatic heterocycles. The monoisotopic (exact) mass is 296 g/mol. The van der Waals surface area contributed by atoms with Gasteiger partial charge in [-0.3, -0.25) is 0 Å². The van der Waals surface area contributed by atoms with Crippen molar-refractivity contribution in [3.05, 3.63) is 0 Å². The fraction of sp³-hybridized carbons (Fsp3) is 1.00. The van der Waals surface area contributed by atoms with Gasteiger partial charge in [-0.1, -0.05) is 64.7 Å². The molecule has 21 heavy (non-hydrogen) atoms. The highest BCUT2D eigenvalue weighted by molar-refractivity contribution is 4.84. The van der Waals surface area contributed by atoms with Gasteiger partial charge < -0.3 is 10.2 Å². The molecule has 1 fully saturated rings. The van der Waals surface area contributed by atoms with Crippen LogP contribution < -0.4 is 5.32 Å². The molecule has 0 amide bonds. The van der Waals surface area contributed by atoms with Gasteiger partial charge in [0.1, 0.15) is 0 Å². The van der Waals surface area contributed by atoms with E-state index < -0.39 is 0 Å². The first kappa shape index (κ1) is 19.0. The number of hydrogen-bond acceptors (Lipinski definition) is 2. The summed E-state index contributed by atoms with van der Waals surface area (Å²) < 4.78 is 0. The van der Waals surface area contributed by atoms with E-state index in [-0.39, 0.29) is 0 Å². The van der Waals surface area contributed by atoms with Crippen LogP contribution in [0.4, 0.5) is 0 Å². The molecule has 0 atom stereocenters. The predicted octanol–water partition coefficient (Wildman–Crippen LogP) is 4.98. The van der Waals surface area contributed by atoms with E-state index >= 15 is 0 Å². The maximum atomic E-state index is 3.65. The van der Waals surface area contributed by atoms with Crippen molar-refractivity contribution in [3.8, 4) is 0 Å². The lowest BCUT2D eigenvalue weighted by molar-refractivity contribution is 0.226. The van der Waals surface area contributed by atoms with Gasteiger partial charge in [-0.25, -0.2) is 0 Å². The van der Waals surface area contributed by atoms with E-state index in [1.807, 2.05) is 0 Å². The third kappa shape index (κ3) is 10.3. The van der Waals surface area contributed by atoms with Gasteiger partial charge in [0.2, 0.25) is 0 Å². The van der Waals surface area contributed by atoms with Crippen LogP contribution in [-0.4, -0.2) is 36.6 Å². The zero-order valence-corrected chi connectivity index (χ0v) is 15.1. The van der Waals surface area contributed by atoms with Crippen molar-refractivity contribution in [1.82, 2.24) is 10.2 Å². The van der Waals surface area contributed by atoms with Gasteiger partial charge in [0.25, 0.3) is 0 Å². The van der Waals surface area contributed by atoms with E-state index in [0.717, 1.165) is 0 Å². The highest BCUT2D eigenvalue weighted by atomic mass is 15.2. The Labute approximate surface area is 134 Å². The lowest BCUT2D eigenvalue weighted by atomic mass is 10.0. The SMILES string of the molecule is CCCCCCCCCCCCN1CCCNC(C)(C)C1. The molecule has 0 spiro atoms. The summed E-state index contributed by atoms with van der Waals surface area (Å²) in [4.78, 5) is 2.67. The number of hydrogen-bond donors (Lipinski definition) is 1. The minimum atomic E-state index is 0.301. The zero-order chi connectivity index (χ0) is 15.4. The molecular weight excluding hydrogens is 256 g/mol. The van der Waals surface area contributed by atoms with E-state index in [1.165, 1.54) is 96.8 Å². The third-order valence-corrected chi connectivity index (χ3v) is 4.70. The molecule has 0 radical (unpaired) electrons. The maximum Gasteiger partial charge on any atom is 0.0252 e. The topological polar surface area (TPSA) is 15.3 Å². The smallest absolute Gasteiger partial charge is 0.0252 e. The summed E-state index contributed by atoms with van der Waals surface area (Å²) in [7, 11) is 0. The van der Waals surface area contributed by atoms with Crippen LogP contribution in [0.15, 0.2) is 0 Å². The molecule has 0 saturated carbocycles. The van der Waals surface area contributed by atoms with E-state index in [9.17, 15) is 0 Å². The second kappa shape index (κ2) is 11.5. The first-order valence-electron chi connectivity index (χ1n) is 9.61. The summed E-state index contributed by atoms with van der Waals surface area (Å²) in [6, 6.07) is 0. The largest absolute Gasteiger partial charge is 0.310 e. The quantitative estimate of drug-likeness (QED) is 0.541. The maximum absolute atomic E-state index is 3.65. The molecule has 0 bridgehead atoms. The van der Waals surface area contributed by atoms with Crippen molar-refractivity contribution >= 4 is 0 Å². The Hall–Kier alpha value is -0.0800. The second-order valence-corrected chi connectivity index (χ2v) is 7.62. The minimum absolute atomic E-state index is 0.301. The van der Waals surface area contributed by atoms with Crippen molar-refractivity contribution in [2.75, 3.05) is 26.2 Å². The molecule has 0 aromatic rings. The van der Waals surface area contributed by atoms with Gasteiger partial charge in [-0.05, 0) is 46.3 Å². The Balaban J connectivity index is 1.91. The molecule has 1 heterocycles. The lowest BCUT2D eigenvalue weighted by Gasteiger charge is -2.30.